The second kappa shape index (κ2) is 12.9. The Bertz CT molecular complexity index is 1210. The van der Waals surface area contributed by atoms with Crippen molar-refractivity contribution in [2.75, 3.05) is 13.7 Å². The zero-order valence-corrected chi connectivity index (χ0v) is 21.7. The van der Waals surface area contributed by atoms with Crippen LogP contribution in [0.5, 0.6) is 11.5 Å². The van der Waals surface area contributed by atoms with E-state index in [0.29, 0.717) is 41.5 Å². The molecule has 0 spiro atoms. The normalized spacial score (nSPS) is 11.8. The van der Waals surface area contributed by atoms with Crippen LogP contribution in [0.15, 0.2) is 48.5 Å². The summed E-state index contributed by atoms with van der Waals surface area (Å²) < 4.78 is 26.9. The maximum atomic E-state index is 13.7. The Morgan fingerprint density at radius 3 is 2.46 bits per heavy atom. The van der Waals surface area contributed by atoms with Gasteiger partial charge in [-0.25, -0.2) is 9.07 Å². The van der Waals surface area contributed by atoms with Gasteiger partial charge in [0.05, 0.1) is 37.1 Å². The first-order valence-corrected chi connectivity index (χ1v) is 12.4. The Morgan fingerprint density at radius 2 is 1.84 bits per heavy atom. The van der Waals surface area contributed by atoms with Crippen molar-refractivity contribution in [2.45, 2.75) is 52.5 Å². The number of hydrogen-bond donors (Lipinski definition) is 2. The molecule has 37 heavy (non-hydrogen) atoms. The van der Waals surface area contributed by atoms with E-state index in [-0.39, 0.29) is 18.0 Å². The van der Waals surface area contributed by atoms with Gasteiger partial charge < -0.3 is 19.9 Å². The molecule has 8 nitrogen and oxygen atoms in total. The lowest BCUT2D eigenvalue weighted by Gasteiger charge is -2.18. The number of unbranched alkanes of at least 4 members (excludes halogenated alkanes) is 1. The van der Waals surface area contributed by atoms with Gasteiger partial charge in [-0.3, -0.25) is 9.59 Å². The fraction of sp³-hybridized carbons (Fsp3) is 0.393. The number of carboxylic acids is 1. The Kier molecular flexibility index (Phi) is 9.65. The molecule has 0 aliphatic carbocycles. The molecule has 0 aliphatic heterocycles. The minimum Gasteiger partial charge on any atom is -0.496 e. The number of halogens is 1. The van der Waals surface area contributed by atoms with E-state index in [4.69, 9.17) is 9.47 Å². The molecule has 9 heteroatoms. The minimum atomic E-state index is -0.994. The van der Waals surface area contributed by atoms with Crippen LogP contribution >= 0.6 is 0 Å². The molecule has 198 valence electrons. The number of carbonyl (C=O) groups is 2. The lowest BCUT2D eigenvalue weighted by molar-refractivity contribution is -0.137. The smallest absolute Gasteiger partial charge is 0.305 e. The number of carbonyl (C=O) groups excluding carboxylic acids is 1. The van der Waals surface area contributed by atoms with Crippen molar-refractivity contribution in [3.8, 4) is 28.4 Å². The quantitative estimate of drug-likeness (QED) is 0.295. The van der Waals surface area contributed by atoms with Crippen LogP contribution in [0.1, 0.15) is 56.9 Å². The Morgan fingerprint density at radius 1 is 1.14 bits per heavy atom. The molecule has 1 amide bonds. The monoisotopic (exact) mass is 511 g/mol. The van der Waals surface area contributed by atoms with Gasteiger partial charge in [0.15, 0.2) is 5.69 Å². The van der Waals surface area contributed by atoms with E-state index >= 15 is 0 Å². The second-order valence-corrected chi connectivity index (χ2v) is 9.24. The van der Waals surface area contributed by atoms with Crippen molar-refractivity contribution in [3.63, 3.8) is 0 Å². The van der Waals surface area contributed by atoms with Crippen LogP contribution in [0.3, 0.4) is 0 Å². The topological polar surface area (TPSA) is 103 Å². The third kappa shape index (κ3) is 7.31. The average Bonchev–Trinajstić information content (AvgIpc) is 3.28. The van der Waals surface area contributed by atoms with Gasteiger partial charge in [0.1, 0.15) is 17.3 Å². The highest BCUT2D eigenvalue weighted by Crippen LogP contribution is 2.40. The van der Waals surface area contributed by atoms with E-state index < -0.39 is 23.7 Å². The number of nitrogens with zero attached hydrogens (tertiary/aromatic N) is 2. The van der Waals surface area contributed by atoms with E-state index in [9.17, 15) is 19.1 Å². The molecular weight excluding hydrogens is 477 g/mol. The molecule has 1 aromatic heterocycles. The van der Waals surface area contributed by atoms with E-state index in [1.807, 2.05) is 26.0 Å². The molecule has 1 heterocycles. The summed E-state index contributed by atoms with van der Waals surface area (Å²) in [5, 5.41) is 16.6. The van der Waals surface area contributed by atoms with E-state index in [1.165, 1.54) is 16.8 Å². The molecule has 0 fully saturated rings. The van der Waals surface area contributed by atoms with Crippen molar-refractivity contribution < 1.29 is 28.6 Å². The van der Waals surface area contributed by atoms with Crippen LogP contribution in [0.4, 0.5) is 4.39 Å². The predicted octanol–water partition coefficient (Wildman–Crippen LogP) is 5.49. The fourth-order valence-electron chi connectivity index (χ4n) is 4.06. The zero-order chi connectivity index (χ0) is 26.9. The molecule has 0 aliphatic rings. The predicted molar refractivity (Wildman–Crippen MR) is 139 cm³/mol. The molecule has 1 atom stereocenters. The van der Waals surface area contributed by atoms with Crippen molar-refractivity contribution in [3.05, 3.63) is 60.0 Å². The summed E-state index contributed by atoms with van der Waals surface area (Å²) >= 11 is 0. The lowest BCUT2D eigenvalue weighted by atomic mass is 10.0. The van der Waals surface area contributed by atoms with Gasteiger partial charge >= 0.3 is 5.97 Å². The van der Waals surface area contributed by atoms with Gasteiger partial charge in [0.2, 0.25) is 0 Å². The number of benzene rings is 2. The van der Waals surface area contributed by atoms with Gasteiger partial charge in [-0.15, -0.1) is 0 Å². The first-order chi connectivity index (χ1) is 17.7. The van der Waals surface area contributed by atoms with E-state index in [1.54, 1.807) is 31.4 Å². The van der Waals surface area contributed by atoms with Crippen molar-refractivity contribution in [2.24, 2.45) is 5.92 Å². The Labute approximate surface area is 216 Å². The summed E-state index contributed by atoms with van der Waals surface area (Å²) in [6.07, 6.45) is 2.14. The van der Waals surface area contributed by atoms with Crippen LogP contribution in [-0.2, 0) is 4.79 Å². The zero-order valence-electron chi connectivity index (χ0n) is 21.7. The number of amides is 1. The lowest BCUT2D eigenvalue weighted by Crippen LogP contribution is -2.37. The summed E-state index contributed by atoms with van der Waals surface area (Å²) in [4.78, 5) is 24.6. The number of nitrogens with one attached hydrogen (secondary N) is 1. The summed E-state index contributed by atoms with van der Waals surface area (Å²) in [5.74, 6) is -0.627. The maximum Gasteiger partial charge on any atom is 0.305 e. The number of rotatable bonds is 13. The average molecular weight is 512 g/mol. The molecular formula is C28H34FN3O5. The standard InChI is InChI=1S/C28H34FN3O5/c1-5-6-14-37-25-9-7-8-24(36-4)27(25)23-17-22(31-32(23)21-12-10-19(29)11-13-21)28(35)30-20(15-18(2)3)16-26(33)34/h7-13,17-18,20H,5-6,14-16H2,1-4H3,(H,30,35)(H,33,34)/t20-/m0/s1. The summed E-state index contributed by atoms with van der Waals surface area (Å²) in [6, 6.07) is 12.2. The fourth-order valence-corrected chi connectivity index (χ4v) is 4.06. The molecule has 0 bridgehead atoms. The van der Waals surface area contributed by atoms with E-state index in [0.717, 1.165) is 12.8 Å². The first kappa shape index (κ1) is 27.7. The summed E-state index contributed by atoms with van der Waals surface area (Å²) in [7, 11) is 1.54. The minimum absolute atomic E-state index is 0.0869. The van der Waals surface area contributed by atoms with Crippen molar-refractivity contribution in [1.82, 2.24) is 15.1 Å². The summed E-state index contributed by atoms with van der Waals surface area (Å²) in [6.45, 7) is 6.50. The van der Waals surface area contributed by atoms with Gasteiger partial charge in [0, 0.05) is 6.04 Å². The third-order valence-corrected chi connectivity index (χ3v) is 5.74. The number of carboxylic acid groups (broad SMARTS) is 1. The number of aromatic nitrogens is 2. The van der Waals surface area contributed by atoms with Gasteiger partial charge in [0.25, 0.3) is 5.91 Å². The van der Waals surface area contributed by atoms with Gasteiger partial charge in [-0.1, -0.05) is 33.3 Å². The first-order valence-electron chi connectivity index (χ1n) is 12.4. The third-order valence-electron chi connectivity index (χ3n) is 5.74. The number of methoxy groups -OCH3 is 1. The number of hydrogen-bond acceptors (Lipinski definition) is 5. The maximum absolute atomic E-state index is 13.7. The molecule has 0 unspecified atom stereocenters. The Balaban J connectivity index is 2.10. The molecule has 3 aromatic rings. The molecule has 2 N–H and O–H groups in total. The summed E-state index contributed by atoms with van der Waals surface area (Å²) in [5.41, 5.74) is 1.73. The molecule has 2 aromatic carbocycles. The number of ether oxygens (including phenoxy) is 2. The van der Waals surface area contributed by atoms with Crippen molar-refractivity contribution in [1.29, 1.82) is 0 Å². The second-order valence-electron chi connectivity index (χ2n) is 9.24. The molecule has 0 radical (unpaired) electrons. The van der Waals surface area contributed by atoms with Crippen LogP contribution in [-0.4, -0.2) is 46.5 Å². The highest BCUT2D eigenvalue weighted by molar-refractivity contribution is 5.94. The van der Waals surface area contributed by atoms with Crippen LogP contribution in [0, 0.1) is 11.7 Å². The highest BCUT2D eigenvalue weighted by Gasteiger charge is 2.25. The SMILES string of the molecule is CCCCOc1cccc(OC)c1-c1cc(C(=O)N[C@H](CC(=O)O)CC(C)C)nn1-c1ccc(F)cc1. The molecule has 0 saturated carbocycles. The molecule has 0 saturated heterocycles. The van der Waals surface area contributed by atoms with Gasteiger partial charge in [-0.05, 0) is 61.2 Å². The van der Waals surface area contributed by atoms with Crippen LogP contribution in [0.2, 0.25) is 0 Å². The van der Waals surface area contributed by atoms with Gasteiger partial charge in [-0.2, -0.15) is 5.10 Å². The van der Waals surface area contributed by atoms with Crippen LogP contribution in [0.25, 0.3) is 16.9 Å². The van der Waals surface area contributed by atoms with E-state index in [2.05, 4.69) is 17.3 Å². The van der Waals surface area contributed by atoms with Crippen LogP contribution < -0.4 is 14.8 Å². The van der Waals surface area contributed by atoms with Crippen molar-refractivity contribution >= 4 is 11.9 Å². The largest absolute Gasteiger partial charge is 0.496 e. The Hall–Kier alpha value is -3.88. The highest BCUT2D eigenvalue weighted by atomic mass is 19.1. The number of aliphatic carboxylic acids is 1. The molecule has 3 rings (SSSR count).